The molecule has 0 unspecified atom stereocenters. The van der Waals surface area contributed by atoms with Crippen LogP contribution in [0, 0.1) is 0 Å². The van der Waals surface area contributed by atoms with Gasteiger partial charge in [-0.05, 0) is 29.3 Å². The summed E-state index contributed by atoms with van der Waals surface area (Å²) in [5.74, 6) is 0. The van der Waals surface area contributed by atoms with E-state index in [0.29, 0.717) is 5.15 Å². The largest absolute Gasteiger partial charge is 0.371 e. The van der Waals surface area contributed by atoms with Crippen molar-refractivity contribution in [3.8, 4) is 22.5 Å². The minimum atomic E-state index is 0. The number of ether oxygens (including phenoxy) is 1. The summed E-state index contributed by atoms with van der Waals surface area (Å²) in [5.41, 5.74) is 5.02. The van der Waals surface area contributed by atoms with E-state index in [0.717, 1.165) is 42.2 Å². The Morgan fingerprint density at radius 3 is 2.56 bits per heavy atom. The van der Waals surface area contributed by atoms with Gasteiger partial charge >= 0.3 is 0 Å². The number of aromatic nitrogens is 3. The summed E-state index contributed by atoms with van der Waals surface area (Å²) < 4.78 is 5.78. The summed E-state index contributed by atoms with van der Waals surface area (Å²) in [6.45, 7) is 2.54. The lowest BCUT2D eigenvalue weighted by molar-refractivity contribution is 0.0277. The normalized spacial score (nSPS) is 17.1. The first kappa shape index (κ1) is 17.9. The Morgan fingerprint density at radius 1 is 1.08 bits per heavy atom. The average molecular weight is 377 g/mol. The smallest absolute Gasteiger partial charge is 0.129 e. The Bertz CT molecular complexity index is 812. The molecule has 130 valence electrons. The molecule has 2 N–H and O–H groups in total. The highest BCUT2D eigenvalue weighted by molar-refractivity contribution is 6.29. The van der Waals surface area contributed by atoms with Gasteiger partial charge in [0.1, 0.15) is 5.15 Å². The van der Waals surface area contributed by atoms with E-state index < -0.39 is 0 Å². The van der Waals surface area contributed by atoms with Crippen LogP contribution >= 0.6 is 24.0 Å². The van der Waals surface area contributed by atoms with Gasteiger partial charge in [-0.3, -0.25) is 5.10 Å². The number of benzene rings is 1. The van der Waals surface area contributed by atoms with Crippen molar-refractivity contribution in [1.82, 2.24) is 20.5 Å². The minimum Gasteiger partial charge on any atom is -0.371 e. The summed E-state index contributed by atoms with van der Waals surface area (Å²) in [6, 6.07) is 14.1. The van der Waals surface area contributed by atoms with E-state index in [1.54, 1.807) is 12.3 Å². The molecule has 4 rings (SSSR count). The average Bonchev–Trinajstić information content (AvgIpc) is 3.13. The highest BCUT2D eigenvalue weighted by atomic mass is 35.5. The van der Waals surface area contributed by atoms with E-state index in [1.807, 2.05) is 12.1 Å². The molecule has 0 radical (unpaired) electrons. The maximum absolute atomic E-state index is 5.83. The Morgan fingerprint density at radius 2 is 1.88 bits per heavy atom. The molecule has 0 aliphatic carbocycles. The molecule has 1 aliphatic rings. The molecule has 7 heteroatoms. The number of hydrogen-bond acceptors (Lipinski definition) is 4. The number of pyridine rings is 1. The van der Waals surface area contributed by atoms with Crippen molar-refractivity contribution in [2.24, 2.45) is 0 Å². The molecule has 5 nitrogen and oxygen atoms in total. The number of halogens is 2. The van der Waals surface area contributed by atoms with Gasteiger partial charge in [-0.15, -0.1) is 12.4 Å². The van der Waals surface area contributed by atoms with Gasteiger partial charge in [0.2, 0.25) is 0 Å². The third kappa shape index (κ3) is 4.02. The van der Waals surface area contributed by atoms with Gasteiger partial charge in [0.05, 0.1) is 24.1 Å². The van der Waals surface area contributed by atoms with Crippen LogP contribution in [0.3, 0.4) is 0 Å². The van der Waals surface area contributed by atoms with E-state index in [4.69, 9.17) is 16.3 Å². The molecule has 1 aliphatic heterocycles. The highest BCUT2D eigenvalue weighted by Gasteiger charge is 2.15. The van der Waals surface area contributed by atoms with Crippen LogP contribution in [0.2, 0.25) is 5.15 Å². The first-order valence-electron chi connectivity index (χ1n) is 7.89. The second-order valence-electron chi connectivity index (χ2n) is 5.72. The second-order valence-corrected chi connectivity index (χ2v) is 6.11. The van der Waals surface area contributed by atoms with Gasteiger partial charge in [-0.1, -0.05) is 35.9 Å². The third-order valence-electron chi connectivity index (χ3n) is 4.12. The van der Waals surface area contributed by atoms with E-state index in [9.17, 15) is 0 Å². The molecule has 3 heterocycles. The van der Waals surface area contributed by atoms with E-state index in [-0.39, 0.29) is 18.5 Å². The van der Waals surface area contributed by atoms with Crippen LogP contribution in [0.25, 0.3) is 22.5 Å². The van der Waals surface area contributed by atoms with E-state index in [2.05, 4.69) is 44.8 Å². The first-order chi connectivity index (χ1) is 11.8. The third-order valence-corrected chi connectivity index (χ3v) is 4.35. The van der Waals surface area contributed by atoms with E-state index >= 15 is 0 Å². The van der Waals surface area contributed by atoms with Gasteiger partial charge in [0.15, 0.2) is 0 Å². The van der Waals surface area contributed by atoms with E-state index in [1.165, 1.54) is 5.56 Å². The zero-order chi connectivity index (χ0) is 16.4. The van der Waals surface area contributed by atoms with Gasteiger partial charge in [0, 0.05) is 24.8 Å². The minimum absolute atomic E-state index is 0. The Hall–Kier alpha value is -1.92. The van der Waals surface area contributed by atoms with Gasteiger partial charge in [-0.2, -0.15) is 5.10 Å². The van der Waals surface area contributed by atoms with Crippen molar-refractivity contribution in [2.45, 2.75) is 6.10 Å². The fourth-order valence-corrected chi connectivity index (χ4v) is 2.91. The number of nitrogens with zero attached hydrogens (tertiary/aromatic N) is 2. The van der Waals surface area contributed by atoms with Crippen LogP contribution in [-0.4, -0.2) is 34.9 Å². The maximum Gasteiger partial charge on any atom is 0.129 e. The van der Waals surface area contributed by atoms with Crippen LogP contribution < -0.4 is 5.32 Å². The Kier molecular flexibility index (Phi) is 5.71. The number of rotatable bonds is 3. The highest BCUT2D eigenvalue weighted by Crippen LogP contribution is 2.26. The summed E-state index contributed by atoms with van der Waals surface area (Å²) in [5, 5.41) is 11.3. The molecule has 0 bridgehead atoms. The number of aromatic amines is 1. The molecule has 2 aromatic heterocycles. The number of hydrogen-bond donors (Lipinski definition) is 2. The fraction of sp³-hybridized carbons (Fsp3) is 0.222. The molecule has 0 saturated carbocycles. The molecule has 1 atom stereocenters. The molecule has 0 amide bonds. The topological polar surface area (TPSA) is 62.8 Å². The lowest BCUT2D eigenvalue weighted by Gasteiger charge is -2.24. The lowest BCUT2D eigenvalue weighted by Crippen LogP contribution is -2.33. The summed E-state index contributed by atoms with van der Waals surface area (Å²) in [4.78, 5) is 4.09. The molecule has 3 aromatic rings. The zero-order valence-electron chi connectivity index (χ0n) is 13.4. The van der Waals surface area contributed by atoms with Crippen molar-refractivity contribution in [3.05, 3.63) is 59.4 Å². The first-order valence-corrected chi connectivity index (χ1v) is 8.27. The van der Waals surface area contributed by atoms with Crippen molar-refractivity contribution >= 4 is 24.0 Å². The van der Waals surface area contributed by atoms with Crippen molar-refractivity contribution in [1.29, 1.82) is 0 Å². The quantitative estimate of drug-likeness (QED) is 0.680. The Labute approximate surface area is 157 Å². The predicted octanol–water partition coefficient (Wildman–Crippen LogP) is 3.87. The van der Waals surface area contributed by atoms with Crippen molar-refractivity contribution < 1.29 is 4.74 Å². The molecule has 1 aromatic carbocycles. The van der Waals surface area contributed by atoms with Gasteiger partial charge < -0.3 is 10.1 Å². The molecule has 0 spiro atoms. The monoisotopic (exact) mass is 376 g/mol. The van der Waals surface area contributed by atoms with Crippen LogP contribution in [0.15, 0.2) is 48.7 Å². The summed E-state index contributed by atoms with van der Waals surface area (Å²) in [6.07, 6.45) is 1.85. The summed E-state index contributed by atoms with van der Waals surface area (Å²) in [7, 11) is 0. The maximum atomic E-state index is 5.83. The standard InChI is InChI=1S/C18H17ClN4O.ClH/c19-18-6-5-14(10-21-18)16-9-15(22-23-16)12-1-3-13(4-2-12)17-11-20-7-8-24-17;/h1-6,9-10,17,20H,7-8,11H2,(H,22,23);1H/t17-;/m1./s1. The Balaban J connectivity index is 0.00000182. The molecular formula is C18H18Cl2N4O. The number of H-pyrrole nitrogens is 1. The predicted molar refractivity (Wildman–Crippen MR) is 101 cm³/mol. The van der Waals surface area contributed by atoms with Crippen LogP contribution in [-0.2, 0) is 4.74 Å². The molecule has 1 fully saturated rings. The van der Waals surface area contributed by atoms with Crippen LogP contribution in [0.5, 0.6) is 0 Å². The number of morpholine rings is 1. The van der Waals surface area contributed by atoms with Crippen LogP contribution in [0.4, 0.5) is 0 Å². The zero-order valence-corrected chi connectivity index (χ0v) is 15.0. The van der Waals surface area contributed by atoms with Crippen molar-refractivity contribution in [3.63, 3.8) is 0 Å². The second kappa shape index (κ2) is 7.97. The molecule has 25 heavy (non-hydrogen) atoms. The molecule has 1 saturated heterocycles. The van der Waals surface area contributed by atoms with Gasteiger partial charge in [-0.25, -0.2) is 4.98 Å². The van der Waals surface area contributed by atoms with Gasteiger partial charge in [0.25, 0.3) is 0 Å². The lowest BCUT2D eigenvalue weighted by atomic mass is 10.0. The summed E-state index contributed by atoms with van der Waals surface area (Å²) >= 11 is 5.83. The van der Waals surface area contributed by atoms with Crippen molar-refractivity contribution in [2.75, 3.05) is 19.7 Å². The number of nitrogens with one attached hydrogen (secondary N) is 2. The molecular weight excluding hydrogens is 359 g/mol. The fourth-order valence-electron chi connectivity index (χ4n) is 2.80. The van der Waals surface area contributed by atoms with Crippen LogP contribution in [0.1, 0.15) is 11.7 Å². The SMILES string of the molecule is Cl.Clc1ccc(-c2cc(-c3ccc([C@H]4CNCCO4)cc3)[nH]n2)cn1.